The topological polar surface area (TPSA) is 94.6 Å². The van der Waals surface area contributed by atoms with E-state index in [9.17, 15) is 26.4 Å². The van der Waals surface area contributed by atoms with E-state index in [1.807, 2.05) is 20.8 Å². The van der Waals surface area contributed by atoms with Crippen molar-refractivity contribution in [1.29, 1.82) is 0 Å². The van der Waals surface area contributed by atoms with E-state index in [-0.39, 0.29) is 22.2 Å². The van der Waals surface area contributed by atoms with Crippen LogP contribution in [0.2, 0.25) is 1.41 Å². The molecule has 0 aliphatic carbocycles. The van der Waals surface area contributed by atoms with Crippen molar-refractivity contribution in [2.24, 2.45) is 22.7 Å². The van der Waals surface area contributed by atoms with Gasteiger partial charge in [-0.15, -0.1) is 0 Å². The van der Waals surface area contributed by atoms with Crippen LogP contribution in [0.25, 0.3) is 0 Å². The number of hydrogen-bond acceptors (Lipinski definition) is 6. The number of hydrogen-bond donors (Lipinski definition) is 1. The van der Waals surface area contributed by atoms with Gasteiger partial charge in [0.2, 0.25) is 0 Å². The summed E-state index contributed by atoms with van der Waals surface area (Å²) in [5.74, 6) is -0.846. The number of ether oxygens (including phenoxy) is 2. The lowest BCUT2D eigenvalue weighted by atomic mass is 9.56. The van der Waals surface area contributed by atoms with Crippen molar-refractivity contribution in [2.75, 3.05) is 11.8 Å². The number of aromatic nitrogens is 1. The van der Waals surface area contributed by atoms with Crippen LogP contribution in [0, 0.1) is 36.5 Å². The van der Waals surface area contributed by atoms with Crippen molar-refractivity contribution in [3.63, 3.8) is 0 Å². The molecule has 0 bridgehead atoms. The van der Waals surface area contributed by atoms with E-state index in [2.05, 4.69) is 71.6 Å². The maximum atomic E-state index is 14.9. The number of carbonyl (C=O) groups is 1. The van der Waals surface area contributed by atoms with Crippen LogP contribution in [-0.4, -0.2) is 32.1 Å². The molecule has 2 heterocycles. The largest absolute Gasteiger partial charge is 0.500 e. The number of carbonyl (C=O) groups excluding carboxylic acids is 1. The second-order valence-corrected chi connectivity index (χ2v) is 17.3. The zero-order chi connectivity index (χ0) is 40.6. The molecule has 2 unspecified atom stereocenters. The lowest BCUT2D eigenvalue weighted by molar-refractivity contribution is -0.206. The highest BCUT2D eigenvalue weighted by atomic mass is 32.2. The lowest BCUT2D eigenvalue weighted by Crippen LogP contribution is -2.62. The second-order valence-electron chi connectivity index (χ2n) is 15.8. The minimum atomic E-state index is -4.71. The maximum Gasteiger partial charge on any atom is 0.417 e. The first-order valence-electron chi connectivity index (χ1n) is 18.7. The summed E-state index contributed by atoms with van der Waals surface area (Å²) in [5.41, 5.74) is 0.838. The Morgan fingerprint density at radius 1 is 1.00 bits per heavy atom. The molecule has 0 saturated heterocycles. The van der Waals surface area contributed by atoms with E-state index in [1.54, 1.807) is 19.2 Å². The Hall–Kier alpha value is -3.86. The van der Waals surface area contributed by atoms with E-state index in [0.29, 0.717) is 42.0 Å². The van der Waals surface area contributed by atoms with Gasteiger partial charge >= 0.3 is 12.1 Å². The van der Waals surface area contributed by atoms with Gasteiger partial charge in [-0.25, -0.2) is 9.78 Å². The molecule has 2 aromatic carbocycles. The number of methoxy groups -OCH3 is 1. The molecule has 0 saturated carbocycles. The number of pyridine rings is 1. The summed E-state index contributed by atoms with van der Waals surface area (Å²) in [4.78, 5) is 18.4. The van der Waals surface area contributed by atoms with Crippen LogP contribution in [0.3, 0.4) is 0 Å². The summed E-state index contributed by atoms with van der Waals surface area (Å²) in [5, 5.41) is -0.712. The number of cyclic esters (lactones) is 1. The lowest BCUT2D eigenvalue weighted by Gasteiger charge is -2.57. The van der Waals surface area contributed by atoms with Crippen molar-refractivity contribution in [2.45, 2.75) is 118 Å². The van der Waals surface area contributed by atoms with Crippen LogP contribution in [0.5, 0.6) is 0 Å². The first-order valence-corrected chi connectivity index (χ1v) is 19.7. The predicted molar refractivity (Wildman–Crippen MR) is 203 cm³/mol. The summed E-state index contributed by atoms with van der Waals surface area (Å²) in [6.45, 7) is 20.7. The van der Waals surface area contributed by atoms with Gasteiger partial charge in [0.05, 0.1) is 23.7 Å². The van der Waals surface area contributed by atoms with Crippen molar-refractivity contribution in [3.8, 4) is 0 Å². The molecule has 1 aliphatic rings. The van der Waals surface area contributed by atoms with E-state index >= 15 is 0 Å². The number of esters is 1. The van der Waals surface area contributed by atoms with Gasteiger partial charge in [-0.1, -0.05) is 84.7 Å². The molecule has 0 radical (unpaired) electrons. The van der Waals surface area contributed by atoms with Crippen LogP contribution in [0.15, 0.2) is 77.2 Å². The number of alkyl halides is 3. The summed E-state index contributed by atoms with van der Waals surface area (Å²) < 4.78 is 88.5. The maximum absolute atomic E-state index is 14.9. The Bertz CT molecular complexity index is 1980. The number of nitrogens with one attached hydrogen (secondary N) is 1. The van der Waals surface area contributed by atoms with Gasteiger partial charge in [-0.05, 0) is 98.4 Å². The fraction of sp³-hybridized carbons (Fsp3) is 0.524. The third kappa shape index (κ3) is 8.15. The number of nitrogens with zero attached hydrogens (tertiary/aromatic N) is 1. The Morgan fingerprint density at radius 3 is 2.23 bits per heavy atom. The molecular formula is C42H55F3N2O5S. The average molecular weight is 758 g/mol. The van der Waals surface area contributed by atoms with Gasteiger partial charge in [0.25, 0.3) is 10.0 Å². The number of benzene rings is 2. The van der Waals surface area contributed by atoms with Crippen molar-refractivity contribution >= 4 is 21.7 Å². The first kappa shape index (κ1) is 40.3. The van der Waals surface area contributed by atoms with E-state index in [1.165, 1.54) is 23.3 Å². The summed E-state index contributed by atoms with van der Waals surface area (Å²) in [6.07, 6.45) is -1.30. The van der Waals surface area contributed by atoms with Gasteiger partial charge in [0, 0.05) is 23.7 Å². The Labute approximate surface area is 315 Å². The van der Waals surface area contributed by atoms with Crippen LogP contribution in [0.4, 0.5) is 18.9 Å². The average Bonchev–Trinajstić information content (AvgIpc) is 3.10. The fourth-order valence-corrected chi connectivity index (χ4v) is 9.33. The number of sulfonamides is 1. The van der Waals surface area contributed by atoms with Crippen molar-refractivity contribution in [3.05, 3.63) is 99.9 Å². The Kier molecular flexibility index (Phi) is 11.8. The van der Waals surface area contributed by atoms with Gasteiger partial charge in [-0.2, -0.15) is 21.6 Å². The minimum Gasteiger partial charge on any atom is -0.500 e. The van der Waals surface area contributed by atoms with Gasteiger partial charge < -0.3 is 9.47 Å². The molecule has 0 spiro atoms. The van der Waals surface area contributed by atoms with Gasteiger partial charge in [-0.3, -0.25) is 4.72 Å². The molecule has 0 fully saturated rings. The number of rotatable bonds is 14. The summed E-state index contributed by atoms with van der Waals surface area (Å²) in [7, 11) is -3.12. The molecule has 7 nitrogen and oxygen atoms in total. The highest BCUT2D eigenvalue weighted by molar-refractivity contribution is 7.92. The molecule has 11 heteroatoms. The third-order valence-corrected chi connectivity index (χ3v) is 12.7. The molecule has 0 amide bonds. The summed E-state index contributed by atoms with van der Waals surface area (Å²) in [6, 6.07) is 14.1. The van der Waals surface area contributed by atoms with Crippen molar-refractivity contribution in [1.82, 2.24) is 4.98 Å². The second kappa shape index (κ2) is 15.5. The van der Waals surface area contributed by atoms with E-state index in [4.69, 9.17) is 10.9 Å². The fourth-order valence-electron chi connectivity index (χ4n) is 8.42. The van der Waals surface area contributed by atoms with Crippen LogP contribution >= 0.6 is 0 Å². The molecular weight excluding hydrogens is 702 g/mol. The smallest absolute Gasteiger partial charge is 0.417 e. The molecule has 1 aromatic heterocycles. The molecule has 4 rings (SSSR count). The zero-order valence-corrected chi connectivity index (χ0v) is 33.6. The normalized spacial score (nSPS) is 20.0. The number of anilines is 1. The van der Waals surface area contributed by atoms with Crippen LogP contribution in [0.1, 0.15) is 108 Å². The number of aryl methyl sites for hydroxylation is 2. The SMILES string of the molecule is [2H]N(c1cccc([C@H](C2=C(OC)C(C)(C)[C@@](C(C)CCC)(C(C)Cc3ccc(C)c(C)c3)OC2=O)C(C)(C)CC)c1)S(=O)(=O)c1ccc(C(F)(F)F)cn1. The molecule has 1 N–H and O–H groups in total. The standard InChI is InChI=1S/C42H55F3N2O5S/c1-12-15-28(5)41(29(6)23-30-19-18-26(3)27(4)22-30)40(9,10)37(51-11)35(38(48)52-41)36(39(7,8)13-2)31-16-14-17-33(24-31)47-53(49,50)34-21-20-32(25-46-34)42(43,44)45/h14,16-22,24-25,28-29,36,47H,12-13,15,23H2,1-11H3/t28?,29?,36-,41-/m1/s1/i/hD. The van der Waals surface area contributed by atoms with Crippen molar-refractivity contribution < 1.29 is 37.3 Å². The molecule has 3 aromatic rings. The Balaban J connectivity index is 1.89. The molecule has 4 atom stereocenters. The first-order chi connectivity index (χ1) is 25.0. The predicted octanol–water partition coefficient (Wildman–Crippen LogP) is 10.6. The zero-order valence-electron chi connectivity index (χ0n) is 33.8. The monoisotopic (exact) mass is 757 g/mol. The van der Waals surface area contributed by atoms with Gasteiger partial charge in [0.15, 0.2) is 6.44 Å². The minimum absolute atomic E-state index is 0.0449. The third-order valence-electron chi connectivity index (χ3n) is 11.5. The van der Waals surface area contributed by atoms with E-state index < -0.39 is 55.1 Å². The van der Waals surface area contributed by atoms with Crippen LogP contribution in [-0.2, 0) is 36.9 Å². The highest BCUT2D eigenvalue weighted by Crippen LogP contribution is 2.59. The summed E-state index contributed by atoms with van der Waals surface area (Å²) >= 11 is 0. The molecule has 1 aliphatic heterocycles. The highest BCUT2D eigenvalue weighted by Gasteiger charge is 2.62. The van der Waals surface area contributed by atoms with Gasteiger partial charge in [0.1, 0.15) is 11.4 Å². The van der Waals surface area contributed by atoms with E-state index in [0.717, 1.165) is 24.5 Å². The number of halogens is 3. The molecule has 290 valence electrons. The van der Waals surface area contributed by atoms with Crippen LogP contribution < -0.4 is 4.72 Å². The molecule has 53 heavy (non-hydrogen) atoms. The Morgan fingerprint density at radius 2 is 1.68 bits per heavy atom. The quantitative estimate of drug-likeness (QED) is 0.165.